The third-order valence-corrected chi connectivity index (χ3v) is 7.80. The number of rotatable bonds is 7. The molecule has 0 unspecified atom stereocenters. The largest absolute Gasteiger partial charge is 0.497 e. The summed E-state index contributed by atoms with van der Waals surface area (Å²) in [7, 11) is 1.66. The minimum Gasteiger partial charge on any atom is -0.497 e. The summed E-state index contributed by atoms with van der Waals surface area (Å²) in [6, 6.07) is 16.4. The molecule has 2 fully saturated rings. The van der Waals surface area contributed by atoms with Crippen LogP contribution in [0.3, 0.4) is 0 Å². The van der Waals surface area contributed by atoms with Gasteiger partial charge in [-0.05, 0) is 61.9 Å². The molecular formula is C29H38N4O4. The minimum absolute atomic E-state index is 0.114. The highest BCUT2D eigenvalue weighted by molar-refractivity contribution is 5.96. The fraction of sp³-hybridized carbons (Fsp3) is 0.483. The van der Waals surface area contributed by atoms with Gasteiger partial charge in [0, 0.05) is 61.8 Å². The van der Waals surface area contributed by atoms with Gasteiger partial charge in [-0.3, -0.25) is 4.90 Å². The van der Waals surface area contributed by atoms with Gasteiger partial charge in [-0.2, -0.15) is 0 Å². The first kappa shape index (κ1) is 25.6. The molecule has 0 saturated carbocycles. The molecule has 198 valence electrons. The molecule has 8 heteroatoms. The van der Waals surface area contributed by atoms with Crippen molar-refractivity contribution in [2.24, 2.45) is 0 Å². The molecule has 1 amide bonds. The molecule has 5 rings (SSSR count). The monoisotopic (exact) mass is 506 g/mol. The first-order valence-corrected chi connectivity index (χ1v) is 13.4. The summed E-state index contributed by atoms with van der Waals surface area (Å²) in [5, 5.41) is 13.8. The molecule has 3 aromatic rings. The fourth-order valence-electron chi connectivity index (χ4n) is 5.58. The molecule has 1 aromatic heterocycles. The summed E-state index contributed by atoms with van der Waals surface area (Å²) < 4.78 is 10.9. The first-order valence-electron chi connectivity index (χ1n) is 13.4. The number of fused-ring (bicyclic) bond motifs is 1. The molecule has 2 aliphatic heterocycles. The standard InChI is InChI=1S/C29H38N4O4/c1-20(33-16-12-23(34)13-17-33)19-32-14-10-22(11-15-32)30-29(35)37-28-18-26-25(4-3-5-27(26)31-28)21-6-8-24(36-2)9-7-21/h3-9,18,20,22-23,31,34H,10-17,19H2,1-2H3,(H,30,35)/t20-/m0/s1. The van der Waals surface area contributed by atoms with E-state index in [2.05, 4.69) is 33.1 Å². The third kappa shape index (κ3) is 6.26. The summed E-state index contributed by atoms with van der Waals surface area (Å²) in [5.74, 6) is 1.25. The number of hydrogen-bond acceptors (Lipinski definition) is 6. The van der Waals surface area contributed by atoms with E-state index in [4.69, 9.17) is 9.47 Å². The second-order valence-corrected chi connectivity index (χ2v) is 10.4. The molecule has 0 spiro atoms. The average Bonchev–Trinajstić information content (AvgIpc) is 3.32. The number of carbonyl (C=O) groups excluding carboxylic acids is 1. The molecule has 2 aromatic carbocycles. The number of hydrogen-bond donors (Lipinski definition) is 3. The van der Waals surface area contributed by atoms with Gasteiger partial charge in [-0.1, -0.05) is 24.3 Å². The number of likely N-dealkylation sites (tertiary alicyclic amines) is 2. The van der Waals surface area contributed by atoms with Crippen molar-refractivity contribution < 1.29 is 19.4 Å². The maximum Gasteiger partial charge on any atom is 0.414 e. The van der Waals surface area contributed by atoms with Gasteiger partial charge in [-0.15, -0.1) is 0 Å². The van der Waals surface area contributed by atoms with Crippen molar-refractivity contribution >= 4 is 17.0 Å². The second kappa shape index (κ2) is 11.5. The molecule has 1 atom stereocenters. The fourth-order valence-corrected chi connectivity index (χ4v) is 5.58. The number of amides is 1. The lowest BCUT2D eigenvalue weighted by Crippen LogP contribution is -2.50. The summed E-state index contributed by atoms with van der Waals surface area (Å²) in [6.07, 6.45) is 3.01. The Balaban J connectivity index is 1.12. The van der Waals surface area contributed by atoms with Crippen molar-refractivity contribution in [3.63, 3.8) is 0 Å². The molecule has 2 saturated heterocycles. The van der Waals surface area contributed by atoms with E-state index in [0.717, 1.165) is 86.2 Å². The number of methoxy groups -OCH3 is 1. The topological polar surface area (TPSA) is 90.1 Å². The number of nitrogens with one attached hydrogen (secondary N) is 2. The lowest BCUT2D eigenvalue weighted by atomic mass is 10.0. The molecule has 3 heterocycles. The SMILES string of the molecule is COc1ccc(-c2cccc3[nH]c(OC(=O)NC4CCN(C[C@H](C)N5CCC(O)CC5)CC4)cc23)cc1. The quantitative estimate of drug-likeness (QED) is 0.444. The molecule has 37 heavy (non-hydrogen) atoms. The zero-order valence-electron chi connectivity index (χ0n) is 21.8. The first-order chi connectivity index (χ1) is 18.0. The predicted octanol–water partition coefficient (Wildman–Crippen LogP) is 4.24. The Kier molecular flexibility index (Phi) is 7.98. The Morgan fingerprint density at radius 2 is 1.81 bits per heavy atom. The Morgan fingerprint density at radius 3 is 2.51 bits per heavy atom. The van der Waals surface area contributed by atoms with E-state index in [1.807, 2.05) is 42.5 Å². The van der Waals surface area contributed by atoms with Gasteiger partial charge in [0.25, 0.3) is 0 Å². The van der Waals surface area contributed by atoms with Crippen LogP contribution in [0.15, 0.2) is 48.5 Å². The van der Waals surface area contributed by atoms with Crippen LogP contribution in [0.4, 0.5) is 4.79 Å². The number of aliphatic hydroxyl groups excluding tert-OH is 1. The van der Waals surface area contributed by atoms with Gasteiger partial charge in [-0.25, -0.2) is 4.79 Å². The van der Waals surface area contributed by atoms with Gasteiger partial charge in [0.1, 0.15) is 5.75 Å². The molecule has 0 radical (unpaired) electrons. The molecule has 3 N–H and O–H groups in total. The van der Waals surface area contributed by atoms with Crippen molar-refractivity contribution in [3.8, 4) is 22.8 Å². The van der Waals surface area contributed by atoms with E-state index < -0.39 is 6.09 Å². The molecule has 2 aliphatic rings. The predicted molar refractivity (Wildman–Crippen MR) is 145 cm³/mol. The highest BCUT2D eigenvalue weighted by Crippen LogP contribution is 2.32. The van der Waals surface area contributed by atoms with Crippen molar-refractivity contribution in [1.29, 1.82) is 0 Å². The summed E-state index contributed by atoms with van der Waals surface area (Å²) >= 11 is 0. The van der Waals surface area contributed by atoms with Gasteiger partial charge in [0.05, 0.1) is 13.2 Å². The number of aliphatic hydroxyl groups is 1. The average molecular weight is 507 g/mol. The zero-order chi connectivity index (χ0) is 25.8. The Hall–Kier alpha value is -3.07. The molecular weight excluding hydrogens is 468 g/mol. The summed E-state index contributed by atoms with van der Waals surface area (Å²) in [5.41, 5.74) is 3.05. The number of aromatic nitrogens is 1. The second-order valence-electron chi connectivity index (χ2n) is 10.4. The number of piperidine rings is 2. The van der Waals surface area contributed by atoms with Crippen molar-refractivity contribution in [2.75, 3.05) is 39.8 Å². The summed E-state index contributed by atoms with van der Waals surface area (Å²) in [4.78, 5) is 20.9. The van der Waals surface area contributed by atoms with E-state index in [9.17, 15) is 9.90 Å². The van der Waals surface area contributed by atoms with Gasteiger partial charge < -0.3 is 29.8 Å². The summed E-state index contributed by atoms with van der Waals surface area (Å²) in [6.45, 7) is 7.18. The Labute approximate surface area is 218 Å². The third-order valence-electron chi connectivity index (χ3n) is 7.80. The smallest absolute Gasteiger partial charge is 0.414 e. The molecule has 0 aliphatic carbocycles. The van der Waals surface area contributed by atoms with Gasteiger partial charge in [0.2, 0.25) is 5.88 Å². The van der Waals surface area contributed by atoms with Crippen LogP contribution in [0.25, 0.3) is 22.0 Å². The van der Waals surface area contributed by atoms with E-state index >= 15 is 0 Å². The van der Waals surface area contributed by atoms with Gasteiger partial charge >= 0.3 is 6.09 Å². The van der Waals surface area contributed by atoms with E-state index in [-0.39, 0.29) is 12.1 Å². The number of ether oxygens (including phenoxy) is 2. The molecule has 8 nitrogen and oxygen atoms in total. The van der Waals surface area contributed by atoms with Crippen LogP contribution in [0.1, 0.15) is 32.6 Å². The maximum atomic E-state index is 12.7. The number of carbonyl (C=O) groups is 1. The Morgan fingerprint density at radius 1 is 1.08 bits per heavy atom. The minimum atomic E-state index is -0.420. The van der Waals surface area contributed by atoms with Crippen LogP contribution >= 0.6 is 0 Å². The van der Waals surface area contributed by atoms with Crippen LogP contribution in [0, 0.1) is 0 Å². The van der Waals surface area contributed by atoms with Crippen molar-refractivity contribution in [1.82, 2.24) is 20.1 Å². The highest BCUT2D eigenvalue weighted by atomic mass is 16.6. The van der Waals surface area contributed by atoms with Crippen LogP contribution in [-0.4, -0.2) is 84.0 Å². The lowest BCUT2D eigenvalue weighted by molar-refractivity contribution is 0.0501. The normalized spacial score (nSPS) is 19.1. The number of benzene rings is 2. The van der Waals surface area contributed by atoms with Crippen LogP contribution in [0.2, 0.25) is 0 Å². The zero-order valence-corrected chi connectivity index (χ0v) is 21.8. The number of nitrogens with zero attached hydrogens (tertiary/aromatic N) is 2. The van der Waals surface area contributed by atoms with E-state index in [1.165, 1.54) is 0 Å². The van der Waals surface area contributed by atoms with Crippen LogP contribution in [0.5, 0.6) is 11.6 Å². The van der Waals surface area contributed by atoms with Gasteiger partial charge in [0.15, 0.2) is 0 Å². The number of H-pyrrole nitrogens is 1. The van der Waals surface area contributed by atoms with Crippen molar-refractivity contribution in [2.45, 2.75) is 50.8 Å². The van der Waals surface area contributed by atoms with Crippen LogP contribution < -0.4 is 14.8 Å². The maximum absolute atomic E-state index is 12.7. The highest BCUT2D eigenvalue weighted by Gasteiger charge is 2.26. The molecule has 0 bridgehead atoms. The Bertz CT molecular complexity index is 1180. The number of aromatic amines is 1. The van der Waals surface area contributed by atoms with E-state index in [1.54, 1.807) is 7.11 Å². The van der Waals surface area contributed by atoms with E-state index in [0.29, 0.717) is 11.9 Å². The van der Waals surface area contributed by atoms with Crippen LogP contribution in [-0.2, 0) is 0 Å². The lowest BCUT2D eigenvalue weighted by Gasteiger charge is -2.39. The van der Waals surface area contributed by atoms with Crippen molar-refractivity contribution in [3.05, 3.63) is 48.5 Å².